The van der Waals surface area contributed by atoms with Crippen molar-refractivity contribution in [1.29, 1.82) is 0 Å². The van der Waals surface area contributed by atoms with Gasteiger partial charge in [-0.05, 0) is 18.1 Å². The monoisotopic (exact) mass is 516 g/mol. The largest absolute Gasteiger partial charge is 0.356 e. The molecule has 1 aliphatic heterocycles. The van der Waals surface area contributed by atoms with E-state index in [0.29, 0.717) is 37.6 Å². The van der Waals surface area contributed by atoms with Crippen molar-refractivity contribution in [3.05, 3.63) is 35.6 Å². The summed E-state index contributed by atoms with van der Waals surface area (Å²) in [5.74, 6) is 2.03. The van der Waals surface area contributed by atoms with E-state index in [1.165, 1.54) is 6.07 Å². The molecule has 10 heteroatoms. The van der Waals surface area contributed by atoms with E-state index >= 15 is 0 Å². The van der Waals surface area contributed by atoms with Crippen molar-refractivity contribution >= 4 is 51.7 Å². The van der Waals surface area contributed by atoms with Gasteiger partial charge in [0.05, 0.1) is 5.75 Å². The normalized spacial score (nSPS) is 16.0. The Morgan fingerprint density at radius 1 is 1.23 bits per heavy atom. The standard InChI is InChI=1S/C16H25FN4O2S2.HI/c1-18-16(19-7-6-14-4-2-3-5-15(14)17)20-8-13-25(22,23)21-9-11-24-12-10-21;/h2-5H,6-13H2,1H3,(H2,18,19,20);1H. The van der Waals surface area contributed by atoms with E-state index in [-0.39, 0.29) is 42.1 Å². The molecule has 2 rings (SSSR count). The third kappa shape index (κ3) is 7.57. The summed E-state index contributed by atoms with van der Waals surface area (Å²) in [5.41, 5.74) is 0.635. The fourth-order valence-corrected chi connectivity index (χ4v) is 4.98. The smallest absolute Gasteiger partial charge is 0.215 e. The summed E-state index contributed by atoms with van der Waals surface area (Å²) in [7, 11) is -1.61. The lowest BCUT2D eigenvalue weighted by Crippen LogP contribution is -2.44. The van der Waals surface area contributed by atoms with E-state index in [2.05, 4.69) is 15.6 Å². The predicted molar refractivity (Wildman–Crippen MR) is 118 cm³/mol. The Morgan fingerprint density at radius 3 is 2.54 bits per heavy atom. The molecule has 148 valence electrons. The van der Waals surface area contributed by atoms with Crippen LogP contribution in [0.15, 0.2) is 29.3 Å². The Morgan fingerprint density at radius 2 is 1.88 bits per heavy atom. The van der Waals surface area contributed by atoms with Crippen molar-refractivity contribution in [2.75, 3.05) is 50.5 Å². The van der Waals surface area contributed by atoms with Crippen molar-refractivity contribution < 1.29 is 12.8 Å². The summed E-state index contributed by atoms with van der Waals surface area (Å²) in [6.45, 7) is 1.97. The van der Waals surface area contributed by atoms with Gasteiger partial charge in [-0.1, -0.05) is 18.2 Å². The molecule has 2 N–H and O–H groups in total. The van der Waals surface area contributed by atoms with Gasteiger partial charge in [-0.15, -0.1) is 24.0 Å². The number of nitrogens with one attached hydrogen (secondary N) is 2. The third-order valence-corrected chi connectivity index (χ3v) is 6.70. The Bertz CT molecular complexity index is 683. The van der Waals surface area contributed by atoms with Gasteiger partial charge in [0.2, 0.25) is 10.0 Å². The summed E-state index contributed by atoms with van der Waals surface area (Å²) in [4.78, 5) is 4.06. The van der Waals surface area contributed by atoms with Crippen LogP contribution in [0.25, 0.3) is 0 Å². The van der Waals surface area contributed by atoms with Crippen molar-refractivity contribution in [2.45, 2.75) is 6.42 Å². The van der Waals surface area contributed by atoms with E-state index in [1.54, 1.807) is 41.3 Å². The molecule has 1 heterocycles. The van der Waals surface area contributed by atoms with Crippen LogP contribution >= 0.6 is 35.7 Å². The van der Waals surface area contributed by atoms with Crippen molar-refractivity contribution in [2.24, 2.45) is 4.99 Å². The second-order valence-electron chi connectivity index (χ2n) is 5.59. The number of hydrogen-bond donors (Lipinski definition) is 2. The number of rotatable bonds is 7. The minimum atomic E-state index is -3.23. The molecule has 0 atom stereocenters. The highest BCUT2D eigenvalue weighted by molar-refractivity contribution is 14.0. The maximum Gasteiger partial charge on any atom is 0.215 e. The highest BCUT2D eigenvalue weighted by Gasteiger charge is 2.23. The van der Waals surface area contributed by atoms with Crippen molar-refractivity contribution in [1.82, 2.24) is 14.9 Å². The van der Waals surface area contributed by atoms with E-state index in [9.17, 15) is 12.8 Å². The molecule has 1 aromatic carbocycles. The molecule has 0 spiro atoms. The lowest BCUT2D eigenvalue weighted by Gasteiger charge is -2.25. The topological polar surface area (TPSA) is 73.8 Å². The first kappa shape index (κ1) is 23.4. The summed E-state index contributed by atoms with van der Waals surface area (Å²) >= 11 is 1.78. The van der Waals surface area contributed by atoms with Crippen LogP contribution in [0.2, 0.25) is 0 Å². The maximum atomic E-state index is 13.6. The average molecular weight is 516 g/mol. The number of benzene rings is 1. The molecule has 0 aliphatic carbocycles. The molecule has 6 nitrogen and oxygen atoms in total. The van der Waals surface area contributed by atoms with Gasteiger partial charge < -0.3 is 10.6 Å². The van der Waals surface area contributed by atoms with Gasteiger partial charge in [-0.2, -0.15) is 11.8 Å². The Labute approximate surface area is 176 Å². The summed E-state index contributed by atoms with van der Waals surface area (Å²) < 4.78 is 39.6. The molecule has 0 saturated carbocycles. The molecule has 0 radical (unpaired) electrons. The van der Waals surface area contributed by atoms with Crippen LogP contribution < -0.4 is 10.6 Å². The first-order chi connectivity index (χ1) is 12.0. The number of thioether (sulfide) groups is 1. The van der Waals surface area contributed by atoms with E-state index < -0.39 is 10.0 Å². The first-order valence-corrected chi connectivity index (χ1v) is 11.0. The fraction of sp³-hybridized carbons (Fsp3) is 0.562. The zero-order valence-corrected chi connectivity index (χ0v) is 18.7. The number of nitrogens with zero attached hydrogens (tertiary/aromatic N) is 2. The van der Waals surface area contributed by atoms with E-state index in [4.69, 9.17) is 0 Å². The zero-order valence-electron chi connectivity index (χ0n) is 14.8. The van der Waals surface area contributed by atoms with Gasteiger partial charge in [0, 0.05) is 44.7 Å². The molecule has 0 aromatic heterocycles. The molecule has 0 amide bonds. The van der Waals surface area contributed by atoms with E-state index in [0.717, 1.165) is 11.5 Å². The molecular weight excluding hydrogens is 490 g/mol. The van der Waals surface area contributed by atoms with Gasteiger partial charge >= 0.3 is 0 Å². The van der Waals surface area contributed by atoms with Gasteiger partial charge in [0.15, 0.2) is 5.96 Å². The van der Waals surface area contributed by atoms with Gasteiger partial charge in [0.25, 0.3) is 0 Å². The molecule has 0 bridgehead atoms. The van der Waals surface area contributed by atoms with Crippen LogP contribution in [0.4, 0.5) is 4.39 Å². The number of sulfonamides is 1. The van der Waals surface area contributed by atoms with Gasteiger partial charge in [-0.3, -0.25) is 4.99 Å². The lowest BCUT2D eigenvalue weighted by atomic mass is 10.1. The second kappa shape index (κ2) is 12.0. The Kier molecular flexibility index (Phi) is 10.8. The number of halogens is 2. The Hall–Kier alpha value is -0.590. The van der Waals surface area contributed by atoms with Crippen LogP contribution in [-0.4, -0.2) is 69.2 Å². The first-order valence-electron chi connectivity index (χ1n) is 8.26. The highest BCUT2D eigenvalue weighted by Crippen LogP contribution is 2.13. The van der Waals surface area contributed by atoms with E-state index in [1.807, 2.05) is 0 Å². The van der Waals surface area contributed by atoms with Crippen LogP contribution in [0, 0.1) is 5.82 Å². The summed E-state index contributed by atoms with van der Waals surface area (Å²) in [6.07, 6.45) is 0.525. The van der Waals surface area contributed by atoms with Crippen molar-refractivity contribution in [3.8, 4) is 0 Å². The highest BCUT2D eigenvalue weighted by atomic mass is 127. The minimum absolute atomic E-state index is 0. The third-order valence-electron chi connectivity index (χ3n) is 3.88. The second-order valence-corrected chi connectivity index (χ2v) is 8.91. The number of aliphatic imine (C=N–C) groups is 1. The van der Waals surface area contributed by atoms with Crippen molar-refractivity contribution in [3.63, 3.8) is 0 Å². The fourth-order valence-electron chi connectivity index (χ4n) is 2.49. The van der Waals surface area contributed by atoms with Gasteiger partial charge in [-0.25, -0.2) is 17.1 Å². The van der Waals surface area contributed by atoms with Crippen LogP contribution in [-0.2, 0) is 16.4 Å². The molecule has 1 aliphatic rings. The SMILES string of the molecule is CN=C(NCCc1ccccc1F)NCCS(=O)(=O)N1CCSCC1.I. The molecule has 0 unspecified atom stereocenters. The average Bonchev–Trinajstić information content (AvgIpc) is 2.62. The molecule has 1 fully saturated rings. The zero-order chi connectivity index (χ0) is 18.1. The maximum absolute atomic E-state index is 13.6. The predicted octanol–water partition coefficient (Wildman–Crippen LogP) is 1.53. The van der Waals surface area contributed by atoms with Crippen LogP contribution in [0.5, 0.6) is 0 Å². The lowest BCUT2D eigenvalue weighted by molar-refractivity contribution is 0.443. The number of hydrogen-bond acceptors (Lipinski definition) is 4. The molecule has 1 saturated heterocycles. The molecule has 26 heavy (non-hydrogen) atoms. The van der Waals surface area contributed by atoms with Crippen LogP contribution in [0.3, 0.4) is 0 Å². The van der Waals surface area contributed by atoms with Gasteiger partial charge in [0.1, 0.15) is 5.82 Å². The molecular formula is C16H26FIN4O2S2. The molecule has 1 aromatic rings. The minimum Gasteiger partial charge on any atom is -0.356 e. The Balaban J connectivity index is 0.00000338. The number of guanidine groups is 1. The van der Waals surface area contributed by atoms with Crippen LogP contribution in [0.1, 0.15) is 5.56 Å². The summed E-state index contributed by atoms with van der Waals surface area (Å²) in [5, 5.41) is 6.07. The summed E-state index contributed by atoms with van der Waals surface area (Å²) in [6, 6.07) is 6.65. The quantitative estimate of drug-likeness (QED) is 0.327.